The van der Waals surface area contributed by atoms with Crippen LogP contribution in [-0.4, -0.2) is 79.6 Å². The van der Waals surface area contributed by atoms with Crippen molar-refractivity contribution in [2.75, 3.05) is 53.0 Å². The van der Waals surface area contributed by atoms with E-state index < -0.39 is 0 Å². The number of hydrogen-bond acceptors (Lipinski definition) is 5. The van der Waals surface area contributed by atoms with Gasteiger partial charge in [-0.3, -0.25) is 9.59 Å². The number of nitrogens with one attached hydrogen (secondary N) is 1. The van der Waals surface area contributed by atoms with Crippen LogP contribution in [0.1, 0.15) is 34.3 Å². The maximum Gasteiger partial charge on any atom is 0.272 e. The van der Waals surface area contributed by atoms with Gasteiger partial charge in [-0.15, -0.1) is 0 Å². The van der Waals surface area contributed by atoms with Gasteiger partial charge in [-0.2, -0.15) is 0 Å². The molecule has 1 aromatic rings. The van der Waals surface area contributed by atoms with Gasteiger partial charge in [0.1, 0.15) is 11.4 Å². The van der Waals surface area contributed by atoms with E-state index in [0.29, 0.717) is 31.9 Å². The SMILES string of the molecule is CCN1CCN(C(=O)c2cccc(C(=O)NCCCOC)n2)CC1. The minimum atomic E-state index is -0.267. The summed E-state index contributed by atoms with van der Waals surface area (Å²) in [6, 6.07) is 4.99. The summed E-state index contributed by atoms with van der Waals surface area (Å²) >= 11 is 0. The van der Waals surface area contributed by atoms with Gasteiger partial charge in [0.05, 0.1) is 0 Å². The number of amides is 2. The Hall–Kier alpha value is -1.99. The van der Waals surface area contributed by atoms with Crippen LogP contribution in [0.4, 0.5) is 0 Å². The molecular weight excluding hydrogens is 308 g/mol. The number of hydrogen-bond donors (Lipinski definition) is 1. The topological polar surface area (TPSA) is 74.8 Å². The Morgan fingerprint density at radius 1 is 1.21 bits per heavy atom. The normalized spacial score (nSPS) is 15.3. The maximum absolute atomic E-state index is 12.6. The molecule has 0 unspecified atom stereocenters. The van der Waals surface area contributed by atoms with Crippen LogP contribution in [0.3, 0.4) is 0 Å². The van der Waals surface area contributed by atoms with Crippen LogP contribution in [0.25, 0.3) is 0 Å². The Kier molecular flexibility index (Phi) is 7.14. The molecule has 2 rings (SSSR count). The van der Waals surface area contributed by atoms with E-state index >= 15 is 0 Å². The highest BCUT2D eigenvalue weighted by Gasteiger charge is 2.22. The zero-order valence-electron chi connectivity index (χ0n) is 14.5. The number of pyridine rings is 1. The Morgan fingerprint density at radius 3 is 2.58 bits per heavy atom. The molecule has 1 saturated heterocycles. The minimum absolute atomic E-state index is 0.111. The summed E-state index contributed by atoms with van der Waals surface area (Å²) in [4.78, 5) is 33.0. The van der Waals surface area contributed by atoms with Crippen molar-refractivity contribution in [1.29, 1.82) is 0 Å². The second-order valence-corrected chi connectivity index (χ2v) is 5.74. The summed E-state index contributed by atoms with van der Waals surface area (Å²) in [5.41, 5.74) is 0.593. The van der Waals surface area contributed by atoms with Crippen LogP contribution < -0.4 is 5.32 Å². The highest BCUT2D eigenvalue weighted by atomic mass is 16.5. The van der Waals surface area contributed by atoms with Crippen molar-refractivity contribution < 1.29 is 14.3 Å². The van der Waals surface area contributed by atoms with Gasteiger partial charge in [-0.05, 0) is 25.1 Å². The number of rotatable bonds is 7. The fraction of sp³-hybridized carbons (Fsp3) is 0.588. The van der Waals surface area contributed by atoms with Gasteiger partial charge in [0, 0.05) is 46.4 Å². The molecule has 7 heteroatoms. The Morgan fingerprint density at radius 2 is 1.92 bits per heavy atom. The molecule has 7 nitrogen and oxygen atoms in total. The molecule has 24 heavy (non-hydrogen) atoms. The van der Waals surface area contributed by atoms with Gasteiger partial charge in [0.25, 0.3) is 11.8 Å². The predicted molar refractivity (Wildman–Crippen MR) is 91.1 cm³/mol. The summed E-state index contributed by atoms with van der Waals surface area (Å²) < 4.78 is 4.94. The molecule has 1 aliphatic heterocycles. The monoisotopic (exact) mass is 334 g/mol. The van der Waals surface area contributed by atoms with Crippen LogP contribution in [-0.2, 0) is 4.74 Å². The van der Waals surface area contributed by atoms with Crippen LogP contribution in [0.5, 0.6) is 0 Å². The highest BCUT2D eigenvalue weighted by molar-refractivity contribution is 5.96. The first-order valence-electron chi connectivity index (χ1n) is 8.41. The number of aromatic nitrogens is 1. The lowest BCUT2D eigenvalue weighted by Crippen LogP contribution is -2.48. The van der Waals surface area contributed by atoms with Gasteiger partial charge < -0.3 is 19.9 Å². The van der Waals surface area contributed by atoms with E-state index in [4.69, 9.17) is 4.74 Å². The number of piperazine rings is 1. The Balaban J connectivity index is 1.94. The summed E-state index contributed by atoms with van der Waals surface area (Å²) in [5, 5.41) is 2.78. The molecule has 1 fully saturated rings. The molecule has 0 bridgehead atoms. The smallest absolute Gasteiger partial charge is 0.272 e. The number of ether oxygens (including phenoxy) is 1. The molecule has 0 aromatic carbocycles. The molecule has 0 spiro atoms. The zero-order chi connectivity index (χ0) is 17.4. The molecule has 132 valence electrons. The van der Waals surface area contributed by atoms with Gasteiger partial charge >= 0.3 is 0 Å². The summed E-state index contributed by atoms with van der Waals surface area (Å²) in [6.07, 6.45) is 0.739. The second kappa shape index (κ2) is 9.34. The fourth-order valence-corrected chi connectivity index (χ4v) is 2.62. The average Bonchev–Trinajstić information content (AvgIpc) is 2.64. The highest BCUT2D eigenvalue weighted by Crippen LogP contribution is 2.08. The lowest BCUT2D eigenvalue weighted by molar-refractivity contribution is 0.0637. The van der Waals surface area contributed by atoms with Crippen molar-refractivity contribution in [1.82, 2.24) is 20.1 Å². The molecule has 0 aliphatic carbocycles. The first-order valence-corrected chi connectivity index (χ1v) is 8.41. The zero-order valence-corrected chi connectivity index (χ0v) is 14.5. The van der Waals surface area contributed by atoms with Crippen LogP contribution in [0.15, 0.2) is 18.2 Å². The molecule has 2 amide bonds. The minimum Gasteiger partial charge on any atom is -0.385 e. The third-order valence-electron chi connectivity index (χ3n) is 4.12. The van der Waals surface area contributed by atoms with Crippen molar-refractivity contribution in [3.05, 3.63) is 29.6 Å². The fourth-order valence-electron chi connectivity index (χ4n) is 2.62. The molecule has 1 N–H and O–H groups in total. The third kappa shape index (κ3) is 5.01. The summed E-state index contributed by atoms with van der Waals surface area (Å²) in [5.74, 6) is -0.378. The van der Waals surface area contributed by atoms with Crippen molar-refractivity contribution >= 4 is 11.8 Å². The quantitative estimate of drug-likeness (QED) is 0.740. The molecule has 0 saturated carbocycles. The van der Waals surface area contributed by atoms with E-state index in [1.54, 1.807) is 30.2 Å². The van der Waals surface area contributed by atoms with Crippen molar-refractivity contribution in [2.45, 2.75) is 13.3 Å². The average molecular weight is 334 g/mol. The Bertz CT molecular complexity index is 557. The molecule has 1 aliphatic rings. The number of methoxy groups -OCH3 is 1. The first kappa shape index (κ1) is 18.4. The van der Waals surface area contributed by atoms with E-state index in [1.165, 1.54) is 0 Å². The van der Waals surface area contributed by atoms with Crippen molar-refractivity contribution in [2.24, 2.45) is 0 Å². The van der Waals surface area contributed by atoms with Crippen LogP contribution in [0.2, 0.25) is 0 Å². The van der Waals surface area contributed by atoms with Crippen LogP contribution in [0, 0.1) is 0 Å². The Labute approximate surface area is 143 Å². The third-order valence-corrected chi connectivity index (χ3v) is 4.12. The second-order valence-electron chi connectivity index (χ2n) is 5.74. The lowest BCUT2D eigenvalue weighted by atomic mass is 10.2. The number of nitrogens with zero attached hydrogens (tertiary/aromatic N) is 3. The van der Waals surface area contributed by atoms with E-state index in [2.05, 4.69) is 22.1 Å². The first-order chi connectivity index (χ1) is 11.7. The van der Waals surface area contributed by atoms with E-state index in [0.717, 1.165) is 26.1 Å². The molecule has 2 heterocycles. The number of likely N-dealkylation sites (N-methyl/N-ethyl adjacent to an activating group) is 1. The van der Waals surface area contributed by atoms with Gasteiger partial charge in [0.15, 0.2) is 0 Å². The van der Waals surface area contributed by atoms with Gasteiger partial charge in [0.2, 0.25) is 0 Å². The molecule has 0 atom stereocenters. The summed E-state index contributed by atoms with van der Waals surface area (Å²) in [7, 11) is 1.62. The predicted octanol–water partition coefficient (Wildman–Crippen LogP) is 0.626. The molecule has 1 aromatic heterocycles. The standard InChI is InChI=1S/C17H26N4O3/c1-3-20-9-11-21(12-10-20)17(23)15-7-4-6-14(19-15)16(22)18-8-5-13-24-2/h4,6-7H,3,5,8-13H2,1-2H3,(H,18,22). The number of carbonyl (C=O) groups is 2. The lowest BCUT2D eigenvalue weighted by Gasteiger charge is -2.33. The van der Waals surface area contributed by atoms with E-state index in [-0.39, 0.29) is 17.5 Å². The van der Waals surface area contributed by atoms with Gasteiger partial charge in [-0.25, -0.2) is 4.98 Å². The van der Waals surface area contributed by atoms with Gasteiger partial charge in [-0.1, -0.05) is 13.0 Å². The maximum atomic E-state index is 12.6. The van der Waals surface area contributed by atoms with E-state index in [1.807, 2.05) is 0 Å². The largest absolute Gasteiger partial charge is 0.385 e. The van der Waals surface area contributed by atoms with E-state index in [9.17, 15) is 9.59 Å². The molecule has 0 radical (unpaired) electrons. The van der Waals surface area contributed by atoms with Crippen LogP contribution >= 0.6 is 0 Å². The number of carbonyl (C=O) groups excluding carboxylic acids is 2. The molecular formula is C17H26N4O3. The van der Waals surface area contributed by atoms with Crippen molar-refractivity contribution in [3.8, 4) is 0 Å². The van der Waals surface area contributed by atoms with Crippen molar-refractivity contribution in [3.63, 3.8) is 0 Å². The summed E-state index contributed by atoms with van der Waals surface area (Å²) in [6.45, 7) is 7.38.